The van der Waals surface area contributed by atoms with E-state index in [2.05, 4.69) is 10.6 Å². The Hall–Kier alpha value is -2.74. The van der Waals surface area contributed by atoms with Crippen LogP contribution in [-0.2, 0) is 35.5 Å². The minimum atomic E-state index is -4.14. The van der Waals surface area contributed by atoms with Crippen LogP contribution in [0.1, 0.15) is 37.7 Å². The van der Waals surface area contributed by atoms with Crippen LogP contribution < -0.4 is 10.6 Å². The topological polar surface area (TPSA) is 136 Å². The van der Waals surface area contributed by atoms with E-state index in [1.54, 1.807) is 19.2 Å². The minimum Gasteiger partial charge on any atom is -0.443 e. The molecule has 2 unspecified atom stereocenters. The van der Waals surface area contributed by atoms with Gasteiger partial charge in [-0.2, -0.15) is 0 Å². The number of anilines is 1. The number of alkyl carbamates (subject to hydrolysis) is 1. The standard InChI is InChI=1S/C29H39N3O8S/c1-30-21-10-7-13-23(17-21)41(35,36)32(40-22-11-5-6-12-22)18-26(33)25(16-20-8-3-2-4-9-20)31-29(34)39-27-19-38-28-24(27)14-15-37-28/h2-4,7-10,13,17,22,24-28,30,33H,5-6,11-12,14-16,18-19H2,1H3,(H,31,34)/t24?,25-,26+,27+,28?/m0/s1. The summed E-state index contributed by atoms with van der Waals surface area (Å²) in [5.41, 5.74) is 1.49. The molecule has 2 aromatic carbocycles. The van der Waals surface area contributed by atoms with E-state index in [0.29, 0.717) is 12.3 Å². The van der Waals surface area contributed by atoms with Gasteiger partial charge in [0.05, 0.1) is 48.8 Å². The zero-order chi connectivity index (χ0) is 28.8. The van der Waals surface area contributed by atoms with Gasteiger partial charge in [0.25, 0.3) is 10.0 Å². The molecule has 224 valence electrons. The number of carbonyl (C=O) groups is 1. The van der Waals surface area contributed by atoms with E-state index in [9.17, 15) is 18.3 Å². The first kappa shape index (κ1) is 29.7. The fraction of sp³-hybridized carbons (Fsp3) is 0.552. The van der Waals surface area contributed by atoms with Crippen LogP contribution in [-0.4, -0.2) is 81.5 Å². The molecule has 1 amide bonds. The second-order valence-electron chi connectivity index (χ2n) is 10.8. The Labute approximate surface area is 241 Å². The van der Waals surface area contributed by atoms with Gasteiger partial charge in [-0.3, -0.25) is 4.84 Å². The molecule has 41 heavy (non-hydrogen) atoms. The Bertz CT molecular complexity index is 1260. The fourth-order valence-corrected chi connectivity index (χ4v) is 6.93. The summed E-state index contributed by atoms with van der Waals surface area (Å²) in [5, 5.41) is 17.2. The fourth-order valence-electron chi connectivity index (χ4n) is 5.59. The van der Waals surface area contributed by atoms with Gasteiger partial charge in [0, 0.05) is 12.7 Å². The highest BCUT2D eigenvalue weighted by Gasteiger charge is 2.44. The van der Waals surface area contributed by atoms with Crippen LogP contribution in [0.3, 0.4) is 0 Å². The smallest absolute Gasteiger partial charge is 0.407 e. The highest BCUT2D eigenvalue weighted by Crippen LogP contribution is 2.33. The number of sulfonamides is 1. The number of aliphatic hydroxyl groups is 1. The van der Waals surface area contributed by atoms with Crippen LogP contribution in [0.15, 0.2) is 59.5 Å². The van der Waals surface area contributed by atoms with E-state index in [4.69, 9.17) is 19.0 Å². The molecular weight excluding hydrogens is 550 g/mol. The average molecular weight is 590 g/mol. The first-order valence-electron chi connectivity index (χ1n) is 14.2. The number of nitrogens with zero attached hydrogens (tertiary/aromatic N) is 1. The lowest BCUT2D eigenvalue weighted by Gasteiger charge is -2.31. The molecular formula is C29H39N3O8S. The molecule has 2 aromatic rings. The molecule has 3 aliphatic rings. The summed E-state index contributed by atoms with van der Waals surface area (Å²) in [6, 6.07) is 14.9. The van der Waals surface area contributed by atoms with Crippen molar-refractivity contribution in [3.05, 3.63) is 60.2 Å². The lowest BCUT2D eigenvalue weighted by Crippen LogP contribution is -2.51. The van der Waals surface area contributed by atoms with Gasteiger partial charge in [0.15, 0.2) is 6.29 Å². The Morgan fingerprint density at radius 3 is 2.63 bits per heavy atom. The molecule has 3 fully saturated rings. The van der Waals surface area contributed by atoms with Gasteiger partial charge >= 0.3 is 6.09 Å². The number of nitrogens with one attached hydrogen (secondary N) is 2. The molecule has 0 bridgehead atoms. The minimum absolute atomic E-state index is 0.0351. The van der Waals surface area contributed by atoms with Gasteiger partial charge in [-0.05, 0) is 49.4 Å². The summed E-state index contributed by atoms with van der Waals surface area (Å²) < 4.78 is 45.2. The Morgan fingerprint density at radius 1 is 1.10 bits per heavy atom. The van der Waals surface area contributed by atoms with Gasteiger partial charge < -0.3 is 30.0 Å². The van der Waals surface area contributed by atoms with Gasteiger partial charge in [-0.15, -0.1) is 0 Å². The first-order valence-corrected chi connectivity index (χ1v) is 15.7. The third kappa shape index (κ3) is 7.37. The summed E-state index contributed by atoms with van der Waals surface area (Å²) in [5.74, 6) is -0.0351. The van der Waals surface area contributed by atoms with Crippen molar-refractivity contribution in [1.29, 1.82) is 0 Å². The van der Waals surface area contributed by atoms with Crippen molar-refractivity contribution in [2.75, 3.05) is 32.1 Å². The maximum Gasteiger partial charge on any atom is 0.407 e. The van der Waals surface area contributed by atoms with Gasteiger partial charge in [-0.25, -0.2) is 13.2 Å². The number of hydrogen-bond donors (Lipinski definition) is 3. The lowest BCUT2D eigenvalue weighted by molar-refractivity contribution is -0.145. The molecule has 2 aliphatic heterocycles. The van der Waals surface area contributed by atoms with Crippen LogP contribution in [0.25, 0.3) is 0 Å². The molecule has 12 heteroatoms. The van der Waals surface area contributed by atoms with Crippen molar-refractivity contribution in [2.24, 2.45) is 5.92 Å². The number of rotatable bonds is 12. The third-order valence-electron chi connectivity index (χ3n) is 7.90. The largest absolute Gasteiger partial charge is 0.443 e. The normalized spacial score (nSPS) is 24.2. The summed E-state index contributed by atoms with van der Waals surface area (Å²) in [6.07, 6.45) is 1.20. The summed E-state index contributed by atoms with van der Waals surface area (Å²) >= 11 is 0. The number of carbonyl (C=O) groups excluding carboxylic acids is 1. The molecule has 5 rings (SSSR count). The van der Waals surface area contributed by atoms with Crippen molar-refractivity contribution in [3.63, 3.8) is 0 Å². The Morgan fingerprint density at radius 2 is 1.88 bits per heavy atom. The number of hydroxylamine groups is 1. The van der Waals surface area contributed by atoms with Crippen molar-refractivity contribution in [3.8, 4) is 0 Å². The molecule has 11 nitrogen and oxygen atoms in total. The van der Waals surface area contributed by atoms with E-state index < -0.39 is 34.4 Å². The summed E-state index contributed by atoms with van der Waals surface area (Å²) in [7, 11) is -2.44. The van der Waals surface area contributed by atoms with Crippen LogP contribution in [0.5, 0.6) is 0 Å². The number of amides is 1. The lowest BCUT2D eigenvalue weighted by atomic mass is 10.0. The average Bonchev–Trinajstić information content (AvgIpc) is 3.74. The van der Waals surface area contributed by atoms with Gasteiger partial charge in [-0.1, -0.05) is 53.7 Å². The molecule has 5 atom stereocenters. The Kier molecular flexibility index (Phi) is 9.79. The molecule has 0 spiro atoms. The van der Waals surface area contributed by atoms with Crippen LogP contribution in [0.2, 0.25) is 0 Å². The molecule has 1 saturated carbocycles. The van der Waals surface area contributed by atoms with E-state index in [0.717, 1.165) is 42.1 Å². The molecule has 2 saturated heterocycles. The van der Waals surface area contributed by atoms with Crippen LogP contribution >= 0.6 is 0 Å². The van der Waals surface area contributed by atoms with E-state index in [1.165, 1.54) is 12.1 Å². The third-order valence-corrected chi connectivity index (χ3v) is 9.52. The first-order chi connectivity index (χ1) is 19.8. The molecule has 0 aromatic heterocycles. The summed E-state index contributed by atoms with van der Waals surface area (Å²) in [4.78, 5) is 19.1. The second-order valence-corrected chi connectivity index (χ2v) is 12.6. The van der Waals surface area contributed by atoms with E-state index in [-0.39, 0.29) is 42.8 Å². The zero-order valence-corrected chi connectivity index (χ0v) is 24.0. The van der Waals surface area contributed by atoms with E-state index in [1.807, 2.05) is 30.3 Å². The van der Waals surface area contributed by atoms with Crippen molar-refractivity contribution < 1.29 is 37.4 Å². The highest BCUT2D eigenvalue weighted by atomic mass is 32.2. The van der Waals surface area contributed by atoms with Gasteiger partial charge in [0.1, 0.15) is 6.10 Å². The molecule has 0 radical (unpaired) electrons. The van der Waals surface area contributed by atoms with Gasteiger partial charge in [0.2, 0.25) is 0 Å². The van der Waals surface area contributed by atoms with Crippen molar-refractivity contribution in [2.45, 2.75) is 74.1 Å². The maximum absolute atomic E-state index is 13.8. The number of ether oxygens (including phenoxy) is 3. The summed E-state index contributed by atoms with van der Waals surface area (Å²) in [6.45, 7) is 0.405. The maximum atomic E-state index is 13.8. The predicted octanol–water partition coefficient (Wildman–Crippen LogP) is 3.05. The number of hydrogen-bond acceptors (Lipinski definition) is 9. The van der Waals surface area contributed by atoms with Crippen LogP contribution in [0, 0.1) is 5.92 Å². The molecule has 3 N–H and O–H groups in total. The number of fused-ring (bicyclic) bond motifs is 1. The number of aliphatic hydroxyl groups excluding tert-OH is 1. The predicted molar refractivity (Wildman–Crippen MR) is 150 cm³/mol. The SMILES string of the molecule is CNc1cccc(S(=O)(=O)N(C[C@@H](O)[C@H](Cc2ccccc2)NC(=O)O[C@@H]2COC3OCCC32)OC2CCCC2)c1. The van der Waals surface area contributed by atoms with Crippen molar-refractivity contribution in [1.82, 2.24) is 9.79 Å². The Balaban J connectivity index is 1.34. The molecule has 2 heterocycles. The van der Waals surface area contributed by atoms with Crippen molar-refractivity contribution >= 4 is 21.8 Å². The van der Waals surface area contributed by atoms with E-state index >= 15 is 0 Å². The second kappa shape index (κ2) is 13.5. The highest BCUT2D eigenvalue weighted by molar-refractivity contribution is 7.89. The monoisotopic (exact) mass is 589 g/mol. The van der Waals surface area contributed by atoms with Crippen LogP contribution in [0.4, 0.5) is 10.5 Å². The number of benzene rings is 2. The zero-order valence-electron chi connectivity index (χ0n) is 23.2. The quantitative estimate of drug-likeness (QED) is 0.319. The molecule has 1 aliphatic carbocycles.